The number of alkyl halides is 3. The summed E-state index contributed by atoms with van der Waals surface area (Å²) in [6.45, 7) is 1.71. The van der Waals surface area contributed by atoms with Crippen molar-refractivity contribution < 1.29 is 22.8 Å². The topological polar surface area (TPSA) is 97.1 Å². The smallest absolute Gasteiger partial charge is 0.397 e. The second-order valence-electron chi connectivity index (χ2n) is 6.52. The Labute approximate surface area is 169 Å². The summed E-state index contributed by atoms with van der Waals surface area (Å²) in [6.07, 6.45) is -1.69. The molecule has 3 rings (SSSR count). The highest BCUT2D eigenvalue weighted by molar-refractivity contribution is 6.08. The Hall–Kier alpha value is -3.88. The molecule has 0 aliphatic rings. The zero-order valence-electron chi connectivity index (χ0n) is 15.7. The van der Waals surface area contributed by atoms with Crippen molar-refractivity contribution in [2.24, 2.45) is 0 Å². The summed E-state index contributed by atoms with van der Waals surface area (Å²) in [4.78, 5) is 28.9. The van der Waals surface area contributed by atoms with Gasteiger partial charge in [0.15, 0.2) is 0 Å². The number of benzene rings is 2. The van der Waals surface area contributed by atoms with Crippen molar-refractivity contribution >= 4 is 28.9 Å². The maximum Gasteiger partial charge on any atom is 0.416 e. The van der Waals surface area contributed by atoms with Gasteiger partial charge < -0.3 is 16.4 Å². The highest BCUT2D eigenvalue weighted by atomic mass is 19.4. The third-order valence-electron chi connectivity index (χ3n) is 4.21. The molecule has 154 valence electrons. The van der Waals surface area contributed by atoms with Gasteiger partial charge in [-0.15, -0.1) is 0 Å². The SMILES string of the molecule is Cc1ccc(NC(=O)c2cccc(C(F)(F)F)c2)cc1C(=O)Nc1cncc(N)c1. The van der Waals surface area contributed by atoms with Crippen molar-refractivity contribution in [1.29, 1.82) is 0 Å². The van der Waals surface area contributed by atoms with Crippen molar-refractivity contribution in [3.63, 3.8) is 0 Å². The van der Waals surface area contributed by atoms with Crippen LogP contribution in [0.1, 0.15) is 31.8 Å². The average molecular weight is 414 g/mol. The normalized spacial score (nSPS) is 11.1. The molecule has 2 amide bonds. The van der Waals surface area contributed by atoms with Crippen molar-refractivity contribution in [3.8, 4) is 0 Å². The van der Waals surface area contributed by atoms with Crippen molar-refractivity contribution in [2.45, 2.75) is 13.1 Å². The van der Waals surface area contributed by atoms with Gasteiger partial charge in [-0.25, -0.2) is 0 Å². The van der Waals surface area contributed by atoms with Gasteiger partial charge in [-0.2, -0.15) is 13.2 Å². The van der Waals surface area contributed by atoms with E-state index in [0.29, 0.717) is 16.9 Å². The van der Waals surface area contributed by atoms with Crippen LogP contribution in [0.4, 0.5) is 30.2 Å². The first-order valence-electron chi connectivity index (χ1n) is 8.74. The number of carbonyl (C=O) groups excluding carboxylic acids is 2. The fourth-order valence-electron chi connectivity index (χ4n) is 2.71. The predicted octanol–water partition coefficient (Wildman–Crippen LogP) is 4.50. The molecule has 2 aromatic carbocycles. The lowest BCUT2D eigenvalue weighted by atomic mass is 10.1. The lowest BCUT2D eigenvalue weighted by Crippen LogP contribution is -2.16. The number of halogens is 3. The van der Waals surface area contributed by atoms with E-state index in [0.717, 1.165) is 18.2 Å². The number of nitrogens with two attached hydrogens (primary N) is 1. The summed E-state index contributed by atoms with van der Waals surface area (Å²) >= 11 is 0. The number of pyridine rings is 1. The summed E-state index contributed by atoms with van der Waals surface area (Å²) in [5.74, 6) is -1.17. The fourth-order valence-corrected chi connectivity index (χ4v) is 2.71. The van der Waals surface area contributed by atoms with Gasteiger partial charge in [0.2, 0.25) is 0 Å². The molecule has 4 N–H and O–H groups in total. The monoisotopic (exact) mass is 414 g/mol. The third kappa shape index (κ3) is 4.93. The van der Waals surface area contributed by atoms with E-state index in [1.165, 1.54) is 24.5 Å². The minimum Gasteiger partial charge on any atom is -0.397 e. The van der Waals surface area contributed by atoms with E-state index in [1.54, 1.807) is 25.1 Å². The van der Waals surface area contributed by atoms with Crippen LogP contribution < -0.4 is 16.4 Å². The Morgan fingerprint density at radius 2 is 1.67 bits per heavy atom. The molecule has 0 spiro atoms. The number of aromatic nitrogens is 1. The number of anilines is 3. The minimum atomic E-state index is -4.55. The number of nitrogen functional groups attached to an aromatic ring is 1. The lowest BCUT2D eigenvalue weighted by molar-refractivity contribution is -0.137. The van der Waals surface area contributed by atoms with Gasteiger partial charge in [0, 0.05) is 23.0 Å². The first-order valence-corrected chi connectivity index (χ1v) is 8.74. The number of carbonyl (C=O) groups is 2. The van der Waals surface area contributed by atoms with Gasteiger partial charge in [0.05, 0.1) is 23.1 Å². The van der Waals surface area contributed by atoms with Gasteiger partial charge in [-0.3, -0.25) is 14.6 Å². The molecule has 3 aromatic rings. The van der Waals surface area contributed by atoms with Crippen molar-refractivity contribution in [2.75, 3.05) is 16.4 Å². The summed E-state index contributed by atoms with van der Waals surface area (Å²) in [5, 5.41) is 5.17. The third-order valence-corrected chi connectivity index (χ3v) is 4.21. The van der Waals surface area contributed by atoms with E-state index in [-0.39, 0.29) is 16.8 Å². The Morgan fingerprint density at radius 3 is 2.37 bits per heavy atom. The number of hydrogen-bond donors (Lipinski definition) is 3. The number of aryl methyl sites for hydroxylation is 1. The summed E-state index contributed by atoms with van der Waals surface area (Å²) < 4.78 is 38.6. The Kier molecular flexibility index (Phi) is 5.72. The molecule has 1 heterocycles. The molecule has 0 aliphatic carbocycles. The standard InChI is InChI=1S/C21H17F3N4O2/c1-12-5-6-16(9-18(12)20(30)28-17-8-15(25)10-26-11-17)27-19(29)13-3-2-4-14(7-13)21(22,23)24/h2-11H,25H2,1H3,(H,27,29)(H,28,30). The minimum absolute atomic E-state index is 0.151. The lowest BCUT2D eigenvalue weighted by Gasteiger charge is -2.12. The molecule has 1 aromatic heterocycles. The molecule has 0 fully saturated rings. The van der Waals surface area contributed by atoms with Crippen LogP contribution in [0, 0.1) is 6.92 Å². The van der Waals surface area contributed by atoms with E-state index >= 15 is 0 Å². The quantitative estimate of drug-likeness (QED) is 0.586. The summed E-state index contributed by atoms with van der Waals surface area (Å²) in [7, 11) is 0. The number of rotatable bonds is 4. The first-order chi connectivity index (χ1) is 14.1. The summed E-state index contributed by atoms with van der Waals surface area (Å²) in [6, 6.07) is 10.2. The molecule has 0 saturated heterocycles. The zero-order chi connectivity index (χ0) is 21.9. The Balaban J connectivity index is 1.80. The molecule has 9 heteroatoms. The first kappa shape index (κ1) is 20.8. The maximum atomic E-state index is 12.9. The number of amides is 2. The van der Waals surface area contributed by atoms with Crippen molar-refractivity contribution in [3.05, 3.63) is 83.2 Å². The van der Waals surface area contributed by atoms with Gasteiger partial charge in [-0.05, 0) is 48.9 Å². The largest absolute Gasteiger partial charge is 0.416 e. The number of hydrogen-bond acceptors (Lipinski definition) is 4. The molecule has 0 radical (unpaired) electrons. The van der Waals surface area contributed by atoms with Crippen LogP contribution in [-0.4, -0.2) is 16.8 Å². The van der Waals surface area contributed by atoms with E-state index in [2.05, 4.69) is 15.6 Å². The van der Waals surface area contributed by atoms with Crippen LogP contribution in [0.15, 0.2) is 60.9 Å². The van der Waals surface area contributed by atoms with Crippen LogP contribution >= 0.6 is 0 Å². The van der Waals surface area contributed by atoms with Crippen LogP contribution in [0.3, 0.4) is 0 Å². The van der Waals surface area contributed by atoms with Crippen LogP contribution in [-0.2, 0) is 6.18 Å². The van der Waals surface area contributed by atoms with Gasteiger partial charge in [0.1, 0.15) is 0 Å². The molecule has 30 heavy (non-hydrogen) atoms. The van der Waals surface area contributed by atoms with E-state index in [9.17, 15) is 22.8 Å². The van der Waals surface area contributed by atoms with Gasteiger partial charge >= 0.3 is 6.18 Å². The molecule has 0 atom stereocenters. The fraction of sp³-hybridized carbons (Fsp3) is 0.0952. The number of nitrogens with one attached hydrogen (secondary N) is 2. The molecule has 0 bridgehead atoms. The molecular weight excluding hydrogens is 397 g/mol. The Morgan fingerprint density at radius 1 is 0.933 bits per heavy atom. The second-order valence-corrected chi connectivity index (χ2v) is 6.52. The molecule has 6 nitrogen and oxygen atoms in total. The second kappa shape index (κ2) is 8.24. The molecule has 0 aliphatic heterocycles. The molecular formula is C21H17F3N4O2. The van der Waals surface area contributed by atoms with E-state index in [4.69, 9.17) is 5.73 Å². The van der Waals surface area contributed by atoms with Crippen LogP contribution in [0.5, 0.6) is 0 Å². The van der Waals surface area contributed by atoms with Crippen LogP contribution in [0.25, 0.3) is 0 Å². The average Bonchev–Trinajstić information content (AvgIpc) is 2.69. The van der Waals surface area contributed by atoms with Crippen molar-refractivity contribution in [1.82, 2.24) is 4.98 Å². The highest BCUT2D eigenvalue weighted by Gasteiger charge is 2.30. The van der Waals surface area contributed by atoms with E-state index in [1.807, 2.05) is 0 Å². The Bertz CT molecular complexity index is 1110. The van der Waals surface area contributed by atoms with Gasteiger partial charge in [0.25, 0.3) is 11.8 Å². The highest BCUT2D eigenvalue weighted by Crippen LogP contribution is 2.29. The van der Waals surface area contributed by atoms with E-state index < -0.39 is 23.6 Å². The zero-order valence-corrected chi connectivity index (χ0v) is 15.7. The van der Waals surface area contributed by atoms with Crippen LogP contribution in [0.2, 0.25) is 0 Å². The van der Waals surface area contributed by atoms with Gasteiger partial charge in [-0.1, -0.05) is 12.1 Å². The predicted molar refractivity (Wildman–Crippen MR) is 107 cm³/mol. The molecule has 0 unspecified atom stereocenters. The number of nitrogens with zero attached hydrogens (tertiary/aromatic N) is 1. The molecule has 0 saturated carbocycles. The summed E-state index contributed by atoms with van der Waals surface area (Å²) in [5.41, 5.74) is 6.53. The maximum absolute atomic E-state index is 12.9.